The molecule has 0 amide bonds. The van der Waals surface area contributed by atoms with E-state index in [0.717, 1.165) is 19.3 Å². The summed E-state index contributed by atoms with van der Waals surface area (Å²) in [6, 6.07) is 6.43. The summed E-state index contributed by atoms with van der Waals surface area (Å²) < 4.78 is 0. The van der Waals surface area contributed by atoms with Crippen LogP contribution in [0, 0.1) is 6.92 Å². The molecule has 0 unspecified atom stereocenters. The van der Waals surface area contributed by atoms with Crippen LogP contribution in [-0.4, -0.2) is 11.1 Å². The lowest BCUT2D eigenvalue weighted by molar-refractivity contribution is -0.137. The maximum absolute atomic E-state index is 10.6. The van der Waals surface area contributed by atoms with E-state index in [-0.39, 0.29) is 0 Å². The average Bonchev–Trinajstić information content (AvgIpc) is 2.26. The Bertz CT molecular complexity index is 396. The van der Waals surface area contributed by atoms with Crippen LogP contribution in [0.3, 0.4) is 0 Å². The summed E-state index contributed by atoms with van der Waals surface area (Å²) in [7, 11) is 0. The Morgan fingerprint density at radius 2 is 2.31 bits per heavy atom. The summed E-state index contributed by atoms with van der Waals surface area (Å²) in [4.78, 5) is 10.6. The smallest absolute Gasteiger partial charge is 0.303 e. The number of aryl methyl sites for hydroxylation is 2. The molecule has 2 nitrogen and oxygen atoms in total. The van der Waals surface area contributed by atoms with E-state index in [2.05, 4.69) is 25.1 Å². The number of fused-ring (bicyclic) bond motifs is 1. The Labute approximate surface area is 96.3 Å². The van der Waals surface area contributed by atoms with E-state index in [1.807, 2.05) is 0 Å². The largest absolute Gasteiger partial charge is 0.481 e. The maximum atomic E-state index is 10.6. The first kappa shape index (κ1) is 11.2. The number of benzene rings is 1. The van der Waals surface area contributed by atoms with Crippen molar-refractivity contribution in [1.29, 1.82) is 0 Å². The molecule has 1 aromatic carbocycles. The quantitative estimate of drug-likeness (QED) is 0.845. The van der Waals surface area contributed by atoms with Crippen LogP contribution in [0.5, 0.6) is 0 Å². The molecule has 0 aromatic heterocycles. The molecule has 0 bridgehead atoms. The predicted octanol–water partition coefficient (Wildman–Crippen LogP) is 3.28. The Balaban J connectivity index is 2.21. The van der Waals surface area contributed by atoms with Crippen molar-refractivity contribution in [3.05, 3.63) is 34.9 Å². The molecule has 0 aliphatic heterocycles. The Morgan fingerprint density at radius 1 is 1.50 bits per heavy atom. The molecule has 0 fully saturated rings. The van der Waals surface area contributed by atoms with Crippen LogP contribution in [0.25, 0.3) is 0 Å². The maximum Gasteiger partial charge on any atom is 0.303 e. The first-order valence-corrected chi connectivity index (χ1v) is 5.98. The molecular weight excluding hydrogens is 200 g/mol. The van der Waals surface area contributed by atoms with Crippen LogP contribution >= 0.6 is 0 Å². The fourth-order valence-electron chi connectivity index (χ4n) is 2.81. The summed E-state index contributed by atoms with van der Waals surface area (Å²) in [5, 5.41) is 8.76. The van der Waals surface area contributed by atoms with Gasteiger partial charge in [-0.3, -0.25) is 4.79 Å². The van der Waals surface area contributed by atoms with E-state index < -0.39 is 5.97 Å². The number of rotatable bonds is 3. The number of hydrogen-bond donors (Lipinski definition) is 1. The van der Waals surface area contributed by atoms with Crippen molar-refractivity contribution >= 4 is 5.97 Å². The summed E-state index contributed by atoms with van der Waals surface area (Å²) in [6.45, 7) is 2.14. The van der Waals surface area contributed by atoms with Crippen molar-refractivity contribution in [3.8, 4) is 0 Å². The van der Waals surface area contributed by atoms with E-state index >= 15 is 0 Å². The number of hydrogen-bond acceptors (Lipinski definition) is 1. The topological polar surface area (TPSA) is 37.3 Å². The van der Waals surface area contributed by atoms with Crippen molar-refractivity contribution in [2.75, 3.05) is 0 Å². The van der Waals surface area contributed by atoms with E-state index in [4.69, 9.17) is 5.11 Å². The zero-order valence-corrected chi connectivity index (χ0v) is 9.70. The monoisotopic (exact) mass is 218 g/mol. The molecule has 1 atom stereocenters. The Hall–Kier alpha value is -1.31. The van der Waals surface area contributed by atoms with Gasteiger partial charge in [-0.2, -0.15) is 0 Å². The van der Waals surface area contributed by atoms with Gasteiger partial charge in [-0.05, 0) is 55.2 Å². The normalized spacial score (nSPS) is 19.2. The van der Waals surface area contributed by atoms with Crippen LogP contribution in [-0.2, 0) is 11.2 Å². The van der Waals surface area contributed by atoms with Gasteiger partial charge in [0.05, 0.1) is 0 Å². The van der Waals surface area contributed by atoms with Gasteiger partial charge in [-0.15, -0.1) is 0 Å². The minimum absolute atomic E-state index is 0.290. The van der Waals surface area contributed by atoms with Crippen LogP contribution in [0.4, 0.5) is 0 Å². The molecule has 1 aliphatic rings. The first-order valence-electron chi connectivity index (χ1n) is 5.98. The van der Waals surface area contributed by atoms with E-state index in [1.54, 1.807) is 0 Å². The van der Waals surface area contributed by atoms with Crippen LogP contribution < -0.4 is 0 Å². The molecule has 1 aliphatic carbocycles. The van der Waals surface area contributed by atoms with Gasteiger partial charge in [0.2, 0.25) is 0 Å². The van der Waals surface area contributed by atoms with Crippen molar-refractivity contribution in [2.24, 2.45) is 0 Å². The lowest BCUT2D eigenvalue weighted by atomic mass is 9.78. The van der Waals surface area contributed by atoms with Gasteiger partial charge in [0, 0.05) is 6.42 Å². The third-order valence-corrected chi connectivity index (χ3v) is 3.53. The van der Waals surface area contributed by atoms with Crippen molar-refractivity contribution < 1.29 is 9.90 Å². The number of carbonyl (C=O) groups is 1. The first-order chi connectivity index (χ1) is 7.68. The predicted molar refractivity (Wildman–Crippen MR) is 63.7 cm³/mol. The SMILES string of the molecule is Cc1cccc2c1[C@@H](CCC(=O)O)CCC2. The van der Waals surface area contributed by atoms with Gasteiger partial charge < -0.3 is 5.11 Å². The summed E-state index contributed by atoms with van der Waals surface area (Å²) in [5.41, 5.74) is 4.18. The molecule has 0 heterocycles. The zero-order valence-electron chi connectivity index (χ0n) is 9.70. The fraction of sp³-hybridized carbons (Fsp3) is 0.500. The second-order valence-electron chi connectivity index (χ2n) is 4.67. The number of carboxylic acid groups (broad SMARTS) is 1. The minimum Gasteiger partial charge on any atom is -0.481 e. The molecule has 0 radical (unpaired) electrons. The summed E-state index contributed by atoms with van der Waals surface area (Å²) >= 11 is 0. The molecule has 16 heavy (non-hydrogen) atoms. The highest BCUT2D eigenvalue weighted by Crippen LogP contribution is 2.36. The van der Waals surface area contributed by atoms with E-state index in [1.165, 1.54) is 23.1 Å². The molecule has 0 saturated heterocycles. The van der Waals surface area contributed by atoms with Gasteiger partial charge in [0.25, 0.3) is 0 Å². The Kier molecular flexibility index (Phi) is 3.28. The highest BCUT2D eigenvalue weighted by Gasteiger charge is 2.22. The molecule has 86 valence electrons. The van der Waals surface area contributed by atoms with Gasteiger partial charge in [-0.1, -0.05) is 18.2 Å². The molecule has 2 heteroatoms. The average molecular weight is 218 g/mol. The van der Waals surface area contributed by atoms with Gasteiger partial charge >= 0.3 is 5.97 Å². The molecular formula is C14H18O2. The Morgan fingerprint density at radius 3 is 3.06 bits per heavy atom. The van der Waals surface area contributed by atoms with Gasteiger partial charge in [0.15, 0.2) is 0 Å². The molecule has 1 N–H and O–H groups in total. The van der Waals surface area contributed by atoms with Crippen molar-refractivity contribution in [2.45, 2.75) is 44.9 Å². The molecule has 2 rings (SSSR count). The molecule has 1 aromatic rings. The van der Waals surface area contributed by atoms with Crippen LogP contribution in [0.2, 0.25) is 0 Å². The molecule has 0 spiro atoms. The third kappa shape index (κ3) is 2.26. The van der Waals surface area contributed by atoms with E-state index in [0.29, 0.717) is 12.3 Å². The summed E-state index contributed by atoms with van der Waals surface area (Å²) in [6.07, 6.45) is 4.57. The second-order valence-corrected chi connectivity index (χ2v) is 4.67. The fourth-order valence-corrected chi connectivity index (χ4v) is 2.81. The standard InChI is InChI=1S/C14H18O2/c1-10-4-2-5-11-6-3-7-12(14(10)11)8-9-13(15)16/h2,4-5,12H,3,6-9H2,1H3,(H,15,16)/t12-/m1/s1. The highest BCUT2D eigenvalue weighted by molar-refractivity contribution is 5.66. The molecule has 0 saturated carbocycles. The lowest BCUT2D eigenvalue weighted by Gasteiger charge is -2.27. The zero-order chi connectivity index (χ0) is 11.5. The minimum atomic E-state index is -0.680. The van der Waals surface area contributed by atoms with Gasteiger partial charge in [-0.25, -0.2) is 0 Å². The number of carboxylic acids is 1. The van der Waals surface area contributed by atoms with Crippen molar-refractivity contribution in [3.63, 3.8) is 0 Å². The third-order valence-electron chi connectivity index (χ3n) is 3.53. The number of aliphatic carboxylic acids is 1. The van der Waals surface area contributed by atoms with Crippen LogP contribution in [0.1, 0.15) is 48.3 Å². The van der Waals surface area contributed by atoms with E-state index in [9.17, 15) is 4.79 Å². The lowest BCUT2D eigenvalue weighted by Crippen LogP contribution is -2.13. The summed E-state index contributed by atoms with van der Waals surface area (Å²) in [5.74, 6) is -0.221. The van der Waals surface area contributed by atoms with Crippen molar-refractivity contribution in [1.82, 2.24) is 0 Å². The second kappa shape index (κ2) is 4.69. The van der Waals surface area contributed by atoms with Crippen LogP contribution in [0.15, 0.2) is 18.2 Å². The highest BCUT2D eigenvalue weighted by atomic mass is 16.4. The van der Waals surface area contributed by atoms with Gasteiger partial charge in [0.1, 0.15) is 0 Å².